The third-order valence-electron chi connectivity index (χ3n) is 1.88. The van der Waals surface area contributed by atoms with E-state index in [1.165, 1.54) is 0 Å². The van der Waals surface area contributed by atoms with Gasteiger partial charge in [-0.1, -0.05) is 0 Å². The molecule has 14 heavy (non-hydrogen) atoms. The number of rotatable bonds is 7. The highest BCUT2D eigenvalue weighted by Crippen LogP contribution is 2.06. The van der Waals surface area contributed by atoms with Crippen molar-refractivity contribution in [3.05, 3.63) is 17.8 Å². The Bertz CT molecular complexity index is 248. The van der Waals surface area contributed by atoms with Crippen molar-refractivity contribution in [2.45, 2.75) is 26.2 Å². The van der Waals surface area contributed by atoms with Gasteiger partial charge in [0.25, 0.3) is 0 Å². The topological polar surface area (TPSA) is 61.3 Å². The molecule has 0 saturated carbocycles. The average molecular weight is 198 g/mol. The van der Waals surface area contributed by atoms with Crippen molar-refractivity contribution in [3.8, 4) is 0 Å². The van der Waals surface area contributed by atoms with E-state index in [2.05, 4.69) is 4.98 Å². The molecular weight excluding hydrogens is 180 g/mol. The first-order chi connectivity index (χ1) is 6.86. The molecule has 0 unspecified atom stereocenters. The molecule has 4 nitrogen and oxygen atoms in total. The van der Waals surface area contributed by atoms with Crippen LogP contribution < -0.4 is 5.73 Å². The summed E-state index contributed by atoms with van der Waals surface area (Å²) >= 11 is 0. The Kier molecular flexibility index (Phi) is 5.25. The second-order valence-electron chi connectivity index (χ2n) is 3.06. The van der Waals surface area contributed by atoms with Gasteiger partial charge in [-0.25, -0.2) is 4.98 Å². The molecule has 4 heteroatoms. The second kappa shape index (κ2) is 6.56. The zero-order valence-corrected chi connectivity index (χ0v) is 8.66. The summed E-state index contributed by atoms with van der Waals surface area (Å²) in [6, 6.07) is 0. The molecule has 0 aliphatic heterocycles. The highest BCUT2D eigenvalue weighted by molar-refractivity contribution is 4.94. The predicted octanol–water partition coefficient (Wildman–Crippen LogP) is 1.14. The van der Waals surface area contributed by atoms with E-state index in [4.69, 9.17) is 14.9 Å². The lowest BCUT2D eigenvalue weighted by molar-refractivity contribution is 0.144. The quantitative estimate of drug-likeness (QED) is 0.667. The smallest absolute Gasteiger partial charge is 0.195 e. The fourth-order valence-electron chi connectivity index (χ4n) is 1.20. The molecule has 0 atom stereocenters. The number of ether oxygens (including phenoxy) is 1. The molecule has 2 N–H and O–H groups in total. The molecule has 0 aliphatic rings. The maximum absolute atomic E-state index is 5.46. The zero-order valence-electron chi connectivity index (χ0n) is 8.66. The molecule has 1 rings (SSSR count). The van der Waals surface area contributed by atoms with Gasteiger partial charge in [0.05, 0.1) is 6.20 Å². The van der Waals surface area contributed by atoms with Crippen molar-refractivity contribution in [1.82, 2.24) is 4.98 Å². The Morgan fingerprint density at radius 1 is 1.50 bits per heavy atom. The van der Waals surface area contributed by atoms with E-state index in [-0.39, 0.29) is 0 Å². The molecule has 0 radical (unpaired) electrons. The Hall–Kier alpha value is -0.870. The molecule has 0 amide bonds. The van der Waals surface area contributed by atoms with Gasteiger partial charge in [-0.2, -0.15) is 0 Å². The van der Waals surface area contributed by atoms with Crippen LogP contribution in [0, 0.1) is 0 Å². The molecule has 80 valence electrons. The highest BCUT2D eigenvalue weighted by atomic mass is 16.5. The predicted molar refractivity (Wildman–Crippen MR) is 54.1 cm³/mol. The Balaban J connectivity index is 2.22. The third-order valence-corrected chi connectivity index (χ3v) is 1.88. The first kappa shape index (κ1) is 11.2. The fraction of sp³-hybridized carbons (Fsp3) is 0.700. The largest absolute Gasteiger partial charge is 0.446 e. The van der Waals surface area contributed by atoms with Gasteiger partial charge in [0, 0.05) is 32.6 Å². The number of nitrogens with zero attached hydrogens (tertiary/aromatic N) is 1. The van der Waals surface area contributed by atoms with Crippen molar-refractivity contribution in [2.24, 2.45) is 5.73 Å². The van der Waals surface area contributed by atoms with Crippen LogP contribution in [0.3, 0.4) is 0 Å². The van der Waals surface area contributed by atoms with Crippen molar-refractivity contribution in [3.63, 3.8) is 0 Å². The minimum absolute atomic E-state index is 0.582. The van der Waals surface area contributed by atoms with E-state index < -0.39 is 0 Å². The molecule has 1 aromatic heterocycles. The molecule has 0 fully saturated rings. The van der Waals surface area contributed by atoms with Gasteiger partial charge in [0.15, 0.2) is 5.89 Å². The summed E-state index contributed by atoms with van der Waals surface area (Å²) in [6.07, 6.45) is 4.35. The summed E-state index contributed by atoms with van der Waals surface area (Å²) < 4.78 is 10.7. The standard InChI is InChI=1S/C10H18N2O2/c1-2-13-7-3-4-9-8-12-10(14-9)5-6-11/h8H,2-7,11H2,1H3. The van der Waals surface area contributed by atoms with Crippen LogP contribution in [0.15, 0.2) is 10.6 Å². The number of aryl methyl sites for hydroxylation is 1. The van der Waals surface area contributed by atoms with E-state index in [1.54, 1.807) is 6.20 Å². The van der Waals surface area contributed by atoms with Crippen LogP contribution in [0.4, 0.5) is 0 Å². The van der Waals surface area contributed by atoms with Crippen LogP contribution in [0.25, 0.3) is 0 Å². The normalized spacial score (nSPS) is 10.7. The SMILES string of the molecule is CCOCCCc1cnc(CCN)o1. The molecule has 0 saturated heterocycles. The number of hydrogen-bond acceptors (Lipinski definition) is 4. The first-order valence-corrected chi connectivity index (χ1v) is 5.08. The van der Waals surface area contributed by atoms with E-state index >= 15 is 0 Å². The van der Waals surface area contributed by atoms with Crippen molar-refractivity contribution in [1.29, 1.82) is 0 Å². The summed E-state index contributed by atoms with van der Waals surface area (Å²) in [4.78, 5) is 4.12. The highest BCUT2D eigenvalue weighted by Gasteiger charge is 2.02. The van der Waals surface area contributed by atoms with E-state index in [9.17, 15) is 0 Å². The van der Waals surface area contributed by atoms with E-state index in [0.29, 0.717) is 13.0 Å². The summed E-state index contributed by atoms with van der Waals surface area (Å²) in [5.74, 6) is 1.66. The third kappa shape index (κ3) is 3.89. The minimum atomic E-state index is 0.582. The van der Waals surface area contributed by atoms with Gasteiger partial charge >= 0.3 is 0 Å². The van der Waals surface area contributed by atoms with Crippen LogP contribution in [0.2, 0.25) is 0 Å². The second-order valence-corrected chi connectivity index (χ2v) is 3.06. The lowest BCUT2D eigenvalue weighted by atomic mass is 10.3. The molecular formula is C10H18N2O2. The average Bonchev–Trinajstić information content (AvgIpc) is 2.61. The maximum Gasteiger partial charge on any atom is 0.195 e. The van der Waals surface area contributed by atoms with Gasteiger partial charge < -0.3 is 14.9 Å². The molecule has 0 aliphatic carbocycles. The summed E-state index contributed by atoms with van der Waals surface area (Å²) in [6.45, 7) is 4.13. The first-order valence-electron chi connectivity index (χ1n) is 5.08. The maximum atomic E-state index is 5.46. The van der Waals surface area contributed by atoms with E-state index in [1.807, 2.05) is 6.92 Å². The number of nitrogens with two attached hydrogens (primary N) is 1. The fourth-order valence-corrected chi connectivity index (χ4v) is 1.20. The van der Waals surface area contributed by atoms with Crippen LogP contribution in [0.5, 0.6) is 0 Å². The molecule has 0 aromatic carbocycles. The molecule has 1 heterocycles. The van der Waals surface area contributed by atoms with Crippen LogP contribution in [-0.2, 0) is 17.6 Å². The lowest BCUT2D eigenvalue weighted by Gasteiger charge is -1.98. The van der Waals surface area contributed by atoms with Crippen LogP contribution >= 0.6 is 0 Å². The van der Waals surface area contributed by atoms with Gasteiger partial charge in [0.2, 0.25) is 0 Å². The summed E-state index contributed by atoms with van der Waals surface area (Å²) in [5.41, 5.74) is 5.39. The number of oxazole rings is 1. The minimum Gasteiger partial charge on any atom is -0.446 e. The van der Waals surface area contributed by atoms with Crippen molar-refractivity contribution in [2.75, 3.05) is 19.8 Å². The summed E-state index contributed by atoms with van der Waals surface area (Å²) in [5, 5.41) is 0. The molecule has 0 spiro atoms. The van der Waals surface area contributed by atoms with Crippen molar-refractivity contribution < 1.29 is 9.15 Å². The van der Waals surface area contributed by atoms with Gasteiger partial charge in [-0.15, -0.1) is 0 Å². The Labute approximate surface area is 84.5 Å². The monoisotopic (exact) mass is 198 g/mol. The Morgan fingerprint density at radius 2 is 2.36 bits per heavy atom. The molecule has 1 aromatic rings. The van der Waals surface area contributed by atoms with Gasteiger partial charge in [-0.3, -0.25) is 0 Å². The Morgan fingerprint density at radius 3 is 3.07 bits per heavy atom. The number of hydrogen-bond donors (Lipinski definition) is 1. The van der Waals surface area contributed by atoms with Gasteiger partial charge in [0.1, 0.15) is 5.76 Å². The zero-order chi connectivity index (χ0) is 10.2. The van der Waals surface area contributed by atoms with E-state index in [0.717, 1.165) is 37.7 Å². The molecule has 0 bridgehead atoms. The van der Waals surface area contributed by atoms with Crippen LogP contribution in [0.1, 0.15) is 25.0 Å². The summed E-state index contributed by atoms with van der Waals surface area (Å²) in [7, 11) is 0. The van der Waals surface area contributed by atoms with Crippen molar-refractivity contribution >= 4 is 0 Å². The van der Waals surface area contributed by atoms with Crippen LogP contribution in [-0.4, -0.2) is 24.7 Å². The number of aromatic nitrogens is 1. The van der Waals surface area contributed by atoms with Gasteiger partial charge in [-0.05, 0) is 13.3 Å². The lowest BCUT2D eigenvalue weighted by Crippen LogP contribution is -2.02.